The number of hydrogen-bond donors (Lipinski definition) is 0. The first-order valence-corrected chi connectivity index (χ1v) is 9.36. The smallest absolute Gasteiger partial charge is 0.227 e. The van der Waals surface area contributed by atoms with Crippen LogP contribution in [0, 0.1) is 6.92 Å². The molecule has 4 rings (SSSR count). The molecule has 1 aromatic carbocycles. The van der Waals surface area contributed by atoms with Gasteiger partial charge in [0.1, 0.15) is 5.75 Å². The number of ether oxygens (including phenoxy) is 1. The predicted molar refractivity (Wildman–Crippen MR) is 103 cm³/mol. The molecular weight excluding hydrogens is 340 g/mol. The molecule has 1 unspecified atom stereocenters. The number of carbonyl (C=O) groups excluding carboxylic acids is 1. The molecule has 1 amide bonds. The Labute approximate surface area is 158 Å². The molecule has 2 aromatic heterocycles. The molecule has 6 nitrogen and oxygen atoms in total. The summed E-state index contributed by atoms with van der Waals surface area (Å²) >= 11 is 0. The van der Waals surface area contributed by atoms with Gasteiger partial charge in [0.15, 0.2) is 5.65 Å². The van der Waals surface area contributed by atoms with E-state index in [1.54, 1.807) is 7.11 Å². The van der Waals surface area contributed by atoms with E-state index in [4.69, 9.17) is 4.74 Å². The van der Waals surface area contributed by atoms with Crippen molar-refractivity contribution < 1.29 is 9.53 Å². The topological polar surface area (TPSA) is 59.7 Å². The van der Waals surface area contributed by atoms with Gasteiger partial charge in [-0.1, -0.05) is 12.1 Å². The number of amides is 1. The molecule has 3 heterocycles. The van der Waals surface area contributed by atoms with Crippen molar-refractivity contribution in [3.8, 4) is 5.75 Å². The molecule has 1 fully saturated rings. The van der Waals surface area contributed by atoms with Crippen LogP contribution in [0.3, 0.4) is 0 Å². The van der Waals surface area contributed by atoms with Crippen LogP contribution in [-0.4, -0.2) is 45.6 Å². The molecule has 0 saturated carbocycles. The van der Waals surface area contributed by atoms with E-state index in [0.717, 1.165) is 54.3 Å². The number of aryl methyl sites for hydroxylation is 1. The minimum Gasteiger partial charge on any atom is -0.497 e. The molecule has 0 N–H and O–H groups in total. The molecule has 0 aliphatic carbocycles. The van der Waals surface area contributed by atoms with Crippen LogP contribution in [0.5, 0.6) is 5.75 Å². The van der Waals surface area contributed by atoms with E-state index in [1.807, 2.05) is 58.9 Å². The zero-order valence-electron chi connectivity index (χ0n) is 15.8. The normalized spacial score (nSPS) is 17.3. The standard InChI is InChI=1S/C21H24N4O2/c1-15-12-20-22-10-9-19(25(20)23-15)17-4-3-11-24(14-17)21(26)13-16-5-7-18(27-2)8-6-16/h5-10,12,17H,3-4,11,13-14H2,1-2H3. The Morgan fingerprint density at radius 2 is 2.07 bits per heavy atom. The zero-order valence-corrected chi connectivity index (χ0v) is 15.8. The van der Waals surface area contributed by atoms with Gasteiger partial charge in [-0.15, -0.1) is 0 Å². The van der Waals surface area contributed by atoms with Crippen molar-refractivity contribution >= 4 is 11.6 Å². The number of likely N-dealkylation sites (tertiary alicyclic amines) is 1. The van der Waals surface area contributed by atoms with Crippen molar-refractivity contribution in [2.45, 2.75) is 32.1 Å². The Hall–Kier alpha value is -2.89. The van der Waals surface area contributed by atoms with E-state index in [2.05, 4.69) is 10.1 Å². The summed E-state index contributed by atoms with van der Waals surface area (Å²) in [4.78, 5) is 19.2. The quantitative estimate of drug-likeness (QED) is 0.714. The van der Waals surface area contributed by atoms with Gasteiger partial charge in [0.05, 0.1) is 24.9 Å². The number of hydrogen-bond acceptors (Lipinski definition) is 4. The lowest BCUT2D eigenvalue weighted by atomic mass is 9.94. The van der Waals surface area contributed by atoms with E-state index in [0.29, 0.717) is 6.42 Å². The summed E-state index contributed by atoms with van der Waals surface area (Å²) in [6.07, 6.45) is 4.32. The molecule has 27 heavy (non-hydrogen) atoms. The number of benzene rings is 1. The van der Waals surface area contributed by atoms with Crippen LogP contribution >= 0.6 is 0 Å². The first kappa shape index (κ1) is 17.5. The highest BCUT2D eigenvalue weighted by Crippen LogP contribution is 2.27. The third-order valence-electron chi connectivity index (χ3n) is 5.22. The third kappa shape index (κ3) is 3.65. The maximum absolute atomic E-state index is 12.8. The molecular formula is C21H24N4O2. The molecule has 6 heteroatoms. The molecule has 0 bridgehead atoms. The van der Waals surface area contributed by atoms with Crippen LogP contribution in [-0.2, 0) is 11.2 Å². The molecule has 1 atom stereocenters. The SMILES string of the molecule is COc1ccc(CC(=O)N2CCCC(c3ccnc4cc(C)nn34)C2)cc1. The van der Waals surface area contributed by atoms with Gasteiger partial charge < -0.3 is 9.64 Å². The maximum Gasteiger partial charge on any atom is 0.227 e. The van der Waals surface area contributed by atoms with Gasteiger partial charge in [-0.25, -0.2) is 9.50 Å². The van der Waals surface area contributed by atoms with Crippen LogP contribution in [0.4, 0.5) is 0 Å². The summed E-state index contributed by atoms with van der Waals surface area (Å²) in [5.41, 5.74) is 3.97. The second kappa shape index (κ2) is 7.39. The van der Waals surface area contributed by atoms with Gasteiger partial charge in [-0.3, -0.25) is 4.79 Å². The lowest BCUT2D eigenvalue weighted by Crippen LogP contribution is -2.40. The van der Waals surface area contributed by atoms with Crippen LogP contribution in [0.2, 0.25) is 0 Å². The predicted octanol–water partition coefficient (Wildman–Crippen LogP) is 3.00. The van der Waals surface area contributed by atoms with Gasteiger partial charge in [-0.05, 0) is 43.5 Å². The highest BCUT2D eigenvalue weighted by atomic mass is 16.5. The Kier molecular flexibility index (Phi) is 4.79. The molecule has 0 spiro atoms. The fourth-order valence-electron chi connectivity index (χ4n) is 3.81. The summed E-state index contributed by atoms with van der Waals surface area (Å²) in [6, 6.07) is 11.7. The highest BCUT2D eigenvalue weighted by molar-refractivity contribution is 5.79. The lowest BCUT2D eigenvalue weighted by molar-refractivity contribution is -0.131. The summed E-state index contributed by atoms with van der Waals surface area (Å²) in [5.74, 6) is 1.26. The van der Waals surface area contributed by atoms with E-state index >= 15 is 0 Å². The number of nitrogens with zero attached hydrogens (tertiary/aromatic N) is 4. The zero-order chi connectivity index (χ0) is 18.8. The summed E-state index contributed by atoms with van der Waals surface area (Å²) < 4.78 is 7.11. The van der Waals surface area contributed by atoms with E-state index in [1.165, 1.54) is 0 Å². The minimum absolute atomic E-state index is 0.173. The Morgan fingerprint density at radius 1 is 1.26 bits per heavy atom. The molecule has 0 radical (unpaired) electrons. The van der Waals surface area contributed by atoms with Gasteiger partial charge >= 0.3 is 0 Å². The van der Waals surface area contributed by atoms with Crippen LogP contribution in [0.25, 0.3) is 5.65 Å². The molecule has 1 aliphatic heterocycles. The Bertz CT molecular complexity index is 948. The highest BCUT2D eigenvalue weighted by Gasteiger charge is 2.26. The van der Waals surface area contributed by atoms with E-state index in [9.17, 15) is 4.79 Å². The molecule has 1 saturated heterocycles. The van der Waals surface area contributed by atoms with E-state index < -0.39 is 0 Å². The Balaban J connectivity index is 1.49. The first-order valence-electron chi connectivity index (χ1n) is 9.36. The number of rotatable bonds is 4. The van der Waals surface area contributed by atoms with Crippen molar-refractivity contribution in [1.29, 1.82) is 0 Å². The van der Waals surface area contributed by atoms with Gasteiger partial charge in [0.2, 0.25) is 5.91 Å². The summed E-state index contributed by atoms with van der Waals surface area (Å²) in [7, 11) is 1.64. The van der Waals surface area contributed by atoms with Crippen molar-refractivity contribution in [1.82, 2.24) is 19.5 Å². The van der Waals surface area contributed by atoms with Crippen LogP contribution < -0.4 is 4.74 Å². The van der Waals surface area contributed by atoms with E-state index in [-0.39, 0.29) is 11.8 Å². The molecule has 3 aromatic rings. The van der Waals surface area contributed by atoms with Crippen molar-refractivity contribution in [2.75, 3.05) is 20.2 Å². The number of piperidine rings is 1. The summed E-state index contributed by atoms with van der Waals surface area (Å²) in [6.45, 7) is 3.52. The number of carbonyl (C=O) groups is 1. The van der Waals surface area contributed by atoms with Crippen molar-refractivity contribution in [3.05, 3.63) is 59.5 Å². The van der Waals surface area contributed by atoms with Gasteiger partial charge in [0.25, 0.3) is 0 Å². The first-order chi connectivity index (χ1) is 13.1. The van der Waals surface area contributed by atoms with Crippen molar-refractivity contribution in [2.24, 2.45) is 0 Å². The number of fused-ring (bicyclic) bond motifs is 1. The Morgan fingerprint density at radius 3 is 2.85 bits per heavy atom. The largest absolute Gasteiger partial charge is 0.497 e. The minimum atomic E-state index is 0.173. The fourth-order valence-corrected chi connectivity index (χ4v) is 3.81. The van der Waals surface area contributed by atoms with Gasteiger partial charge in [0, 0.05) is 31.3 Å². The third-order valence-corrected chi connectivity index (χ3v) is 5.22. The lowest BCUT2D eigenvalue weighted by Gasteiger charge is -2.33. The fraction of sp³-hybridized carbons (Fsp3) is 0.381. The monoisotopic (exact) mass is 364 g/mol. The van der Waals surface area contributed by atoms with Crippen molar-refractivity contribution in [3.63, 3.8) is 0 Å². The molecule has 140 valence electrons. The summed E-state index contributed by atoms with van der Waals surface area (Å²) in [5, 5.41) is 4.58. The number of aromatic nitrogens is 3. The second-order valence-electron chi connectivity index (χ2n) is 7.13. The molecule has 1 aliphatic rings. The van der Waals surface area contributed by atoms with Crippen LogP contribution in [0.1, 0.15) is 35.7 Å². The van der Waals surface area contributed by atoms with Crippen LogP contribution in [0.15, 0.2) is 42.6 Å². The second-order valence-corrected chi connectivity index (χ2v) is 7.13. The average Bonchev–Trinajstić information content (AvgIpc) is 3.08. The maximum atomic E-state index is 12.8. The van der Waals surface area contributed by atoms with Gasteiger partial charge in [-0.2, -0.15) is 5.10 Å². The number of methoxy groups -OCH3 is 1. The average molecular weight is 364 g/mol.